The van der Waals surface area contributed by atoms with E-state index in [4.69, 9.17) is 0 Å². The molecule has 0 saturated heterocycles. The van der Waals surface area contributed by atoms with Crippen LogP contribution in [-0.4, -0.2) is 9.46 Å². The third kappa shape index (κ3) is 4.00. The van der Waals surface area contributed by atoms with Crippen molar-refractivity contribution in [2.45, 2.75) is 26.3 Å². The third-order valence-electron chi connectivity index (χ3n) is 2.25. The summed E-state index contributed by atoms with van der Waals surface area (Å²) in [5.74, 6) is 0.114. The molecule has 1 aromatic rings. The minimum atomic E-state index is -3.38. The van der Waals surface area contributed by atoms with Crippen LogP contribution in [0.3, 0.4) is 0 Å². The molecule has 78 valence electrons. The molecule has 0 aliphatic carbocycles. The molecule has 14 heavy (non-hydrogen) atoms. The van der Waals surface area contributed by atoms with E-state index in [0.29, 0.717) is 0 Å². The second-order valence-corrected chi connectivity index (χ2v) is 5.18. The van der Waals surface area contributed by atoms with Gasteiger partial charge in [0, 0.05) is 0 Å². The molecular weight excluding hydrogens is 198 g/mol. The van der Waals surface area contributed by atoms with Gasteiger partial charge in [-0.2, -0.15) is 0 Å². The quantitative estimate of drug-likeness (QED) is 0.533. The SMILES string of the molecule is Cc1cccc(CC(C)C[SiH](F)F)c1. The lowest BCUT2D eigenvalue weighted by molar-refractivity contribution is 0.568. The number of hydrogen-bond acceptors (Lipinski definition) is 0. The van der Waals surface area contributed by atoms with Crippen molar-refractivity contribution in [2.75, 3.05) is 0 Å². The number of rotatable bonds is 4. The zero-order valence-corrected chi connectivity index (χ0v) is 9.79. The Labute approximate surface area is 85.9 Å². The summed E-state index contributed by atoms with van der Waals surface area (Å²) in [5.41, 5.74) is 2.37. The van der Waals surface area contributed by atoms with Gasteiger partial charge in [0.2, 0.25) is 0 Å². The van der Waals surface area contributed by atoms with Crippen LogP contribution in [0.4, 0.5) is 8.22 Å². The topological polar surface area (TPSA) is 0 Å². The average Bonchev–Trinajstić information content (AvgIpc) is 2.01. The smallest absolute Gasteiger partial charge is 0.275 e. The van der Waals surface area contributed by atoms with Crippen LogP contribution >= 0.6 is 0 Å². The molecule has 0 saturated carbocycles. The van der Waals surface area contributed by atoms with E-state index in [9.17, 15) is 8.22 Å². The predicted octanol–water partition coefficient (Wildman–Crippen LogP) is 3.33. The van der Waals surface area contributed by atoms with Crippen molar-refractivity contribution >= 4 is 9.46 Å². The highest BCUT2D eigenvalue weighted by Crippen LogP contribution is 2.16. The summed E-state index contributed by atoms with van der Waals surface area (Å²) in [7, 11) is -3.38. The van der Waals surface area contributed by atoms with E-state index in [1.54, 1.807) is 0 Å². The normalized spacial score (nSPS) is 13.2. The van der Waals surface area contributed by atoms with Gasteiger partial charge in [-0.05, 0) is 30.9 Å². The number of benzene rings is 1. The largest absolute Gasteiger partial charge is 0.411 e. The molecule has 1 unspecified atom stereocenters. The molecule has 0 aliphatic heterocycles. The summed E-state index contributed by atoms with van der Waals surface area (Å²) in [6, 6.07) is 8.22. The van der Waals surface area contributed by atoms with Crippen LogP contribution in [0.5, 0.6) is 0 Å². The number of halogens is 2. The Balaban J connectivity index is 2.51. The molecule has 0 heterocycles. The van der Waals surface area contributed by atoms with Gasteiger partial charge in [0.05, 0.1) is 0 Å². The minimum Gasteiger partial charge on any atom is -0.275 e. The summed E-state index contributed by atoms with van der Waals surface area (Å²) < 4.78 is 24.4. The second kappa shape index (κ2) is 5.25. The van der Waals surface area contributed by atoms with Crippen molar-refractivity contribution in [1.29, 1.82) is 0 Å². The van der Waals surface area contributed by atoms with Crippen molar-refractivity contribution in [1.82, 2.24) is 0 Å². The van der Waals surface area contributed by atoms with E-state index >= 15 is 0 Å². The number of hydrogen-bond donors (Lipinski definition) is 0. The van der Waals surface area contributed by atoms with E-state index in [2.05, 4.69) is 6.07 Å². The molecule has 0 aliphatic rings. The molecule has 0 fully saturated rings. The zero-order chi connectivity index (χ0) is 10.6. The van der Waals surface area contributed by atoms with Crippen molar-refractivity contribution in [3.05, 3.63) is 35.4 Å². The molecule has 0 nitrogen and oxygen atoms in total. The standard InChI is InChI=1S/C11H16F2Si/c1-9-4-3-5-11(6-9)7-10(2)8-14(12)13/h3-6,10,14H,7-8H2,1-2H3. The first-order valence-corrected chi connectivity index (χ1v) is 6.60. The summed E-state index contributed by atoms with van der Waals surface area (Å²) >= 11 is 0. The van der Waals surface area contributed by atoms with Gasteiger partial charge in [-0.15, -0.1) is 0 Å². The Hall–Kier alpha value is -0.703. The highest BCUT2D eigenvalue weighted by Gasteiger charge is 2.13. The Morgan fingerprint density at radius 2 is 2.07 bits per heavy atom. The van der Waals surface area contributed by atoms with Crippen molar-refractivity contribution in [2.24, 2.45) is 5.92 Å². The summed E-state index contributed by atoms with van der Waals surface area (Å²) in [6.45, 7) is 3.93. The summed E-state index contributed by atoms with van der Waals surface area (Å²) in [5, 5.41) is 0. The molecule has 1 aromatic carbocycles. The van der Waals surface area contributed by atoms with Gasteiger partial charge < -0.3 is 0 Å². The molecule has 1 atom stereocenters. The van der Waals surface area contributed by atoms with E-state index in [0.717, 1.165) is 6.42 Å². The molecule has 3 heteroatoms. The van der Waals surface area contributed by atoms with E-state index in [1.807, 2.05) is 32.0 Å². The lowest BCUT2D eigenvalue weighted by Crippen LogP contribution is -2.07. The van der Waals surface area contributed by atoms with Crippen LogP contribution in [0, 0.1) is 12.8 Å². The predicted molar refractivity (Wildman–Crippen MR) is 58.2 cm³/mol. The maximum absolute atomic E-state index is 12.2. The van der Waals surface area contributed by atoms with E-state index in [1.165, 1.54) is 11.1 Å². The fraction of sp³-hybridized carbons (Fsp3) is 0.455. The third-order valence-corrected chi connectivity index (χ3v) is 3.41. The fourth-order valence-electron chi connectivity index (χ4n) is 1.63. The fourth-order valence-corrected chi connectivity index (χ4v) is 2.40. The molecule has 0 amide bonds. The first-order chi connectivity index (χ1) is 6.58. The van der Waals surface area contributed by atoms with Gasteiger partial charge in [-0.3, -0.25) is 8.22 Å². The molecule has 1 rings (SSSR count). The molecule has 0 spiro atoms. The van der Waals surface area contributed by atoms with Crippen molar-refractivity contribution in [3.8, 4) is 0 Å². The zero-order valence-electron chi connectivity index (χ0n) is 8.63. The van der Waals surface area contributed by atoms with Crippen LogP contribution in [0.25, 0.3) is 0 Å². The second-order valence-electron chi connectivity index (χ2n) is 3.93. The highest BCUT2D eigenvalue weighted by atomic mass is 28.4. The Kier molecular flexibility index (Phi) is 4.26. The lowest BCUT2D eigenvalue weighted by Gasteiger charge is -2.10. The van der Waals surface area contributed by atoms with Gasteiger partial charge >= 0.3 is 9.46 Å². The Morgan fingerprint density at radius 1 is 1.36 bits per heavy atom. The van der Waals surface area contributed by atoms with Gasteiger partial charge in [0.15, 0.2) is 0 Å². The van der Waals surface area contributed by atoms with Crippen LogP contribution < -0.4 is 0 Å². The monoisotopic (exact) mass is 214 g/mol. The van der Waals surface area contributed by atoms with Crippen molar-refractivity contribution < 1.29 is 8.22 Å². The van der Waals surface area contributed by atoms with E-state index < -0.39 is 9.46 Å². The van der Waals surface area contributed by atoms with Crippen LogP contribution in [0.15, 0.2) is 24.3 Å². The first-order valence-electron chi connectivity index (χ1n) is 4.91. The van der Waals surface area contributed by atoms with Crippen molar-refractivity contribution in [3.63, 3.8) is 0 Å². The highest BCUT2D eigenvalue weighted by molar-refractivity contribution is 6.42. The van der Waals surface area contributed by atoms with Crippen LogP contribution in [-0.2, 0) is 6.42 Å². The molecule has 0 aromatic heterocycles. The number of aryl methyl sites for hydroxylation is 1. The van der Waals surface area contributed by atoms with Gasteiger partial charge in [0.25, 0.3) is 0 Å². The summed E-state index contributed by atoms with van der Waals surface area (Å²) in [6.07, 6.45) is 0.777. The Bertz CT molecular complexity index is 286. The summed E-state index contributed by atoms with van der Waals surface area (Å²) in [4.78, 5) is 0. The average molecular weight is 214 g/mol. The minimum absolute atomic E-state index is 0.114. The molecule has 0 radical (unpaired) electrons. The maximum atomic E-state index is 12.2. The van der Waals surface area contributed by atoms with E-state index in [-0.39, 0.29) is 12.0 Å². The van der Waals surface area contributed by atoms with Crippen LogP contribution in [0.1, 0.15) is 18.1 Å². The molecule has 0 N–H and O–H groups in total. The molecule has 0 bridgehead atoms. The van der Waals surface area contributed by atoms with Crippen LogP contribution in [0.2, 0.25) is 6.04 Å². The molecular formula is C11H16F2Si. The van der Waals surface area contributed by atoms with Gasteiger partial charge in [-0.1, -0.05) is 36.8 Å². The van der Waals surface area contributed by atoms with Gasteiger partial charge in [0.1, 0.15) is 0 Å². The first kappa shape index (κ1) is 11.4. The van der Waals surface area contributed by atoms with Gasteiger partial charge in [-0.25, -0.2) is 0 Å². The Morgan fingerprint density at radius 3 is 2.64 bits per heavy atom. The maximum Gasteiger partial charge on any atom is 0.411 e. The lowest BCUT2D eigenvalue weighted by atomic mass is 10.0.